The van der Waals surface area contributed by atoms with Crippen molar-refractivity contribution in [2.45, 2.75) is 13.0 Å². The summed E-state index contributed by atoms with van der Waals surface area (Å²) in [4.78, 5) is 28.8. The zero-order valence-electron chi connectivity index (χ0n) is 11.2. The van der Waals surface area contributed by atoms with Crippen LogP contribution in [0.2, 0.25) is 0 Å². The average Bonchev–Trinajstić information content (AvgIpc) is 3.08. The number of aromatic nitrogens is 1. The van der Waals surface area contributed by atoms with Crippen molar-refractivity contribution < 1.29 is 14.7 Å². The molecule has 0 unspecified atom stereocenters. The second kappa shape index (κ2) is 5.65. The van der Waals surface area contributed by atoms with Gasteiger partial charge in [-0.2, -0.15) is 0 Å². The van der Waals surface area contributed by atoms with Gasteiger partial charge < -0.3 is 10.0 Å². The predicted octanol–water partition coefficient (Wildman–Crippen LogP) is 2.24. The van der Waals surface area contributed by atoms with Crippen molar-refractivity contribution in [3.8, 4) is 10.6 Å². The number of rotatable bonds is 4. The molecule has 1 aliphatic rings. The Kier molecular flexibility index (Phi) is 3.70. The molecule has 1 N–H and O–H groups in total. The maximum absolute atomic E-state index is 11.8. The summed E-state index contributed by atoms with van der Waals surface area (Å²) in [6.45, 7) is 0.651. The van der Waals surface area contributed by atoms with E-state index in [0.29, 0.717) is 6.54 Å². The number of likely N-dealkylation sites (tertiary alicyclic amines) is 1. The van der Waals surface area contributed by atoms with Gasteiger partial charge in [-0.25, -0.2) is 4.98 Å². The van der Waals surface area contributed by atoms with Crippen molar-refractivity contribution in [2.75, 3.05) is 6.54 Å². The van der Waals surface area contributed by atoms with Crippen LogP contribution in [-0.2, 0) is 16.1 Å². The van der Waals surface area contributed by atoms with E-state index in [2.05, 4.69) is 4.98 Å². The van der Waals surface area contributed by atoms with Crippen LogP contribution in [-0.4, -0.2) is 33.4 Å². The molecule has 5 nitrogen and oxygen atoms in total. The van der Waals surface area contributed by atoms with Crippen LogP contribution in [0, 0.1) is 5.92 Å². The topological polar surface area (TPSA) is 70.5 Å². The zero-order valence-corrected chi connectivity index (χ0v) is 12.0. The summed E-state index contributed by atoms with van der Waals surface area (Å²) in [7, 11) is 0. The molecule has 6 heteroatoms. The molecule has 2 aromatic rings. The lowest BCUT2D eigenvalue weighted by Gasteiger charge is -2.13. The highest BCUT2D eigenvalue weighted by Gasteiger charge is 2.34. The van der Waals surface area contributed by atoms with Crippen molar-refractivity contribution in [3.05, 3.63) is 41.4 Å². The van der Waals surface area contributed by atoms with Gasteiger partial charge in [0, 0.05) is 23.9 Å². The Labute approximate surface area is 125 Å². The lowest BCUT2D eigenvalue weighted by molar-refractivity contribution is -0.141. The summed E-state index contributed by atoms with van der Waals surface area (Å²) in [6, 6.07) is 9.84. The van der Waals surface area contributed by atoms with Crippen LogP contribution in [0.1, 0.15) is 12.1 Å². The van der Waals surface area contributed by atoms with E-state index in [4.69, 9.17) is 5.11 Å². The Morgan fingerprint density at radius 1 is 1.38 bits per heavy atom. The monoisotopic (exact) mass is 302 g/mol. The highest BCUT2D eigenvalue weighted by atomic mass is 32.1. The average molecular weight is 302 g/mol. The molecule has 1 amide bonds. The molecule has 21 heavy (non-hydrogen) atoms. The Morgan fingerprint density at radius 2 is 2.14 bits per heavy atom. The molecule has 108 valence electrons. The van der Waals surface area contributed by atoms with Gasteiger partial charge in [-0.05, 0) is 0 Å². The Morgan fingerprint density at radius 3 is 2.81 bits per heavy atom. The summed E-state index contributed by atoms with van der Waals surface area (Å²) in [6.07, 6.45) is 0.0883. The quantitative estimate of drug-likeness (QED) is 0.940. The van der Waals surface area contributed by atoms with Crippen LogP contribution < -0.4 is 0 Å². The molecule has 3 rings (SSSR count). The number of carboxylic acid groups (broad SMARTS) is 1. The molecule has 1 saturated heterocycles. The van der Waals surface area contributed by atoms with E-state index in [1.165, 1.54) is 11.3 Å². The molecule has 1 fully saturated rings. The van der Waals surface area contributed by atoms with Crippen molar-refractivity contribution in [1.29, 1.82) is 0 Å². The first kappa shape index (κ1) is 13.8. The molecule has 0 aliphatic carbocycles. The van der Waals surface area contributed by atoms with Gasteiger partial charge in [0.15, 0.2) is 0 Å². The largest absolute Gasteiger partial charge is 0.481 e. The smallest absolute Gasteiger partial charge is 0.308 e. The number of carbonyl (C=O) groups excluding carboxylic acids is 1. The van der Waals surface area contributed by atoms with E-state index in [-0.39, 0.29) is 18.9 Å². The SMILES string of the molecule is O=C(O)[C@H]1CC(=O)N(Cc2csc(-c3ccccc3)n2)C1. The standard InChI is InChI=1S/C15H14N2O3S/c18-13-6-11(15(19)20)7-17(13)8-12-9-21-14(16-12)10-4-2-1-3-5-10/h1-5,9,11H,6-8H2,(H,19,20)/t11-/m0/s1. The third-order valence-corrected chi connectivity index (χ3v) is 4.43. The number of nitrogens with zero attached hydrogens (tertiary/aromatic N) is 2. The minimum Gasteiger partial charge on any atom is -0.481 e. The maximum Gasteiger partial charge on any atom is 0.308 e. The van der Waals surface area contributed by atoms with Gasteiger partial charge >= 0.3 is 5.97 Å². The van der Waals surface area contributed by atoms with Crippen LogP contribution in [0.25, 0.3) is 10.6 Å². The summed E-state index contributed by atoms with van der Waals surface area (Å²) in [5, 5.41) is 11.8. The highest BCUT2D eigenvalue weighted by molar-refractivity contribution is 7.13. The fourth-order valence-corrected chi connectivity index (χ4v) is 3.20. The lowest BCUT2D eigenvalue weighted by Crippen LogP contribution is -2.25. The second-order valence-corrected chi connectivity index (χ2v) is 5.88. The van der Waals surface area contributed by atoms with Crippen molar-refractivity contribution in [2.24, 2.45) is 5.92 Å². The maximum atomic E-state index is 11.8. The molecular formula is C15H14N2O3S. The molecule has 0 radical (unpaired) electrons. The fraction of sp³-hybridized carbons (Fsp3) is 0.267. The number of carboxylic acids is 1. The first-order valence-electron chi connectivity index (χ1n) is 6.64. The van der Waals surface area contributed by atoms with Crippen LogP contribution in [0.5, 0.6) is 0 Å². The number of thiazole rings is 1. The molecular weight excluding hydrogens is 288 g/mol. The van der Waals surface area contributed by atoms with Crippen molar-refractivity contribution >= 4 is 23.2 Å². The molecule has 0 saturated carbocycles. The van der Waals surface area contributed by atoms with Gasteiger partial charge in [0.25, 0.3) is 0 Å². The first-order chi connectivity index (χ1) is 10.1. The van der Waals surface area contributed by atoms with Crippen LogP contribution in [0.3, 0.4) is 0 Å². The first-order valence-corrected chi connectivity index (χ1v) is 7.52. The zero-order chi connectivity index (χ0) is 14.8. The van der Waals surface area contributed by atoms with Gasteiger partial charge in [0.2, 0.25) is 5.91 Å². The third-order valence-electron chi connectivity index (χ3n) is 3.49. The number of hydrogen-bond acceptors (Lipinski definition) is 4. The molecule has 1 atom stereocenters. The minimum atomic E-state index is -0.908. The van der Waals surface area contributed by atoms with Crippen LogP contribution >= 0.6 is 11.3 Å². The fourth-order valence-electron chi connectivity index (χ4n) is 2.38. The second-order valence-electron chi connectivity index (χ2n) is 5.02. The number of aliphatic carboxylic acids is 1. The summed E-state index contributed by atoms with van der Waals surface area (Å²) < 4.78 is 0. The number of benzene rings is 1. The summed E-state index contributed by atoms with van der Waals surface area (Å²) in [5.74, 6) is -1.62. The lowest BCUT2D eigenvalue weighted by atomic mass is 10.1. The van der Waals surface area contributed by atoms with Gasteiger partial charge in [-0.3, -0.25) is 9.59 Å². The number of amides is 1. The van der Waals surface area contributed by atoms with Gasteiger partial charge in [-0.15, -0.1) is 11.3 Å². The molecule has 2 heterocycles. The van der Waals surface area contributed by atoms with Gasteiger partial charge in [0.1, 0.15) is 5.01 Å². The number of hydrogen-bond donors (Lipinski definition) is 1. The molecule has 0 bridgehead atoms. The van der Waals surface area contributed by atoms with Gasteiger partial charge in [-0.1, -0.05) is 30.3 Å². The highest BCUT2D eigenvalue weighted by Crippen LogP contribution is 2.25. The minimum absolute atomic E-state index is 0.0883. The number of carbonyl (C=O) groups is 2. The normalized spacial score (nSPS) is 18.2. The van der Waals surface area contributed by atoms with Crippen LogP contribution in [0.15, 0.2) is 35.7 Å². The Bertz CT molecular complexity index is 669. The summed E-state index contributed by atoms with van der Waals surface area (Å²) >= 11 is 1.53. The van der Waals surface area contributed by atoms with Crippen LogP contribution in [0.4, 0.5) is 0 Å². The molecule has 1 aliphatic heterocycles. The van der Waals surface area contributed by atoms with E-state index in [1.54, 1.807) is 4.90 Å². The van der Waals surface area contributed by atoms with E-state index in [0.717, 1.165) is 16.3 Å². The molecule has 1 aromatic carbocycles. The van der Waals surface area contributed by atoms with E-state index >= 15 is 0 Å². The summed E-state index contributed by atoms with van der Waals surface area (Å²) in [5.41, 5.74) is 1.85. The van der Waals surface area contributed by atoms with E-state index in [9.17, 15) is 9.59 Å². The van der Waals surface area contributed by atoms with Gasteiger partial charge in [0.05, 0.1) is 18.2 Å². The van der Waals surface area contributed by atoms with Crippen molar-refractivity contribution in [1.82, 2.24) is 9.88 Å². The third kappa shape index (κ3) is 2.95. The predicted molar refractivity (Wildman–Crippen MR) is 78.7 cm³/mol. The molecule has 0 spiro atoms. The Hall–Kier alpha value is -2.21. The van der Waals surface area contributed by atoms with Crippen molar-refractivity contribution in [3.63, 3.8) is 0 Å². The van der Waals surface area contributed by atoms with E-state index in [1.807, 2.05) is 35.7 Å². The van der Waals surface area contributed by atoms with E-state index < -0.39 is 11.9 Å². The Balaban J connectivity index is 1.71. The molecule has 1 aromatic heterocycles.